The van der Waals surface area contributed by atoms with E-state index in [4.69, 9.17) is 0 Å². The number of benzene rings is 2. The van der Waals surface area contributed by atoms with Crippen LogP contribution >= 0.6 is 0 Å². The molecule has 0 amide bonds. The summed E-state index contributed by atoms with van der Waals surface area (Å²) in [4.78, 5) is 15.9. The minimum Gasteiger partial charge on any atom is -0.465 e. The summed E-state index contributed by atoms with van der Waals surface area (Å²) in [5, 5.41) is 8.76. The second-order valence-corrected chi connectivity index (χ2v) is 5.29. The second-order valence-electron chi connectivity index (χ2n) is 5.29. The van der Waals surface area contributed by atoms with Crippen LogP contribution < -0.4 is 5.32 Å². The lowest BCUT2D eigenvalue weighted by Crippen LogP contribution is -2.01. The number of aromatic nitrogens is 3. The number of nitrogens with zero attached hydrogens (tertiary/aromatic N) is 3. The van der Waals surface area contributed by atoms with Gasteiger partial charge in [0.2, 0.25) is 5.95 Å². The Hall–Kier alpha value is -3.41. The quantitative estimate of drug-likeness (QED) is 0.586. The Balaban J connectivity index is 1.67. The molecule has 0 aliphatic carbocycles. The molecule has 118 valence electrons. The first-order valence-electron chi connectivity index (χ1n) is 7.44. The number of hydrogen-bond acceptors (Lipinski definition) is 5. The third-order valence-corrected chi connectivity index (χ3v) is 3.77. The monoisotopic (exact) mass is 318 g/mol. The van der Waals surface area contributed by atoms with E-state index in [0.29, 0.717) is 11.5 Å². The van der Waals surface area contributed by atoms with Gasteiger partial charge in [0.05, 0.1) is 18.2 Å². The maximum Gasteiger partial charge on any atom is 0.337 e. The highest BCUT2D eigenvalue weighted by atomic mass is 16.5. The van der Waals surface area contributed by atoms with Crippen LogP contribution in [0.3, 0.4) is 0 Å². The number of para-hydroxylation sites is 1. The van der Waals surface area contributed by atoms with Crippen LogP contribution in [-0.2, 0) is 4.74 Å². The summed E-state index contributed by atoms with van der Waals surface area (Å²) in [7, 11) is 1.36. The Bertz CT molecular complexity index is 1040. The number of fused-ring (bicyclic) bond motifs is 3. The van der Waals surface area contributed by atoms with Crippen molar-refractivity contribution in [2.45, 2.75) is 0 Å². The number of methoxy groups -OCH3 is 1. The third kappa shape index (κ3) is 2.44. The predicted octanol–water partition coefficient (Wildman–Crippen LogP) is 3.41. The highest BCUT2D eigenvalue weighted by molar-refractivity contribution is 5.89. The largest absolute Gasteiger partial charge is 0.465 e. The van der Waals surface area contributed by atoms with Gasteiger partial charge in [0, 0.05) is 11.1 Å². The highest BCUT2D eigenvalue weighted by Crippen LogP contribution is 2.19. The van der Waals surface area contributed by atoms with Crippen LogP contribution in [0.2, 0.25) is 0 Å². The molecule has 2 aromatic carbocycles. The Morgan fingerprint density at radius 2 is 1.83 bits per heavy atom. The van der Waals surface area contributed by atoms with E-state index in [0.717, 1.165) is 22.2 Å². The molecule has 0 radical (unpaired) electrons. The number of esters is 1. The van der Waals surface area contributed by atoms with Crippen molar-refractivity contribution < 1.29 is 9.53 Å². The van der Waals surface area contributed by atoms with Crippen molar-refractivity contribution in [1.29, 1.82) is 0 Å². The number of ether oxygens (including phenoxy) is 1. The van der Waals surface area contributed by atoms with Crippen molar-refractivity contribution in [3.8, 4) is 0 Å². The van der Waals surface area contributed by atoms with Crippen LogP contribution in [0.15, 0.2) is 60.7 Å². The molecule has 1 N–H and O–H groups in total. The molecule has 0 saturated carbocycles. The van der Waals surface area contributed by atoms with Gasteiger partial charge in [0.25, 0.3) is 0 Å². The summed E-state index contributed by atoms with van der Waals surface area (Å²) in [5.74, 6) is 0.135. The second kappa shape index (κ2) is 5.66. The van der Waals surface area contributed by atoms with Crippen LogP contribution in [0.1, 0.15) is 10.4 Å². The van der Waals surface area contributed by atoms with E-state index in [1.807, 2.05) is 36.4 Å². The first-order chi connectivity index (χ1) is 11.7. The van der Waals surface area contributed by atoms with Crippen molar-refractivity contribution in [2.75, 3.05) is 12.4 Å². The lowest BCUT2D eigenvalue weighted by Gasteiger charge is -2.03. The fraction of sp³-hybridized carbons (Fsp3) is 0.0556. The summed E-state index contributed by atoms with van der Waals surface area (Å²) < 4.78 is 6.49. The zero-order chi connectivity index (χ0) is 16.5. The van der Waals surface area contributed by atoms with Crippen LogP contribution in [0.4, 0.5) is 11.6 Å². The summed E-state index contributed by atoms with van der Waals surface area (Å²) >= 11 is 0. The molecule has 0 saturated heterocycles. The Morgan fingerprint density at radius 3 is 2.62 bits per heavy atom. The molecule has 6 heteroatoms. The SMILES string of the molecule is COC(=O)c1ccc(Nc2nc3ccc4ccccc4n3n2)cc1. The Morgan fingerprint density at radius 1 is 1.04 bits per heavy atom. The van der Waals surface area contributed by atoms with Crippen molar-refractivity contribution in [3.63, 3.8) is 0 Å². The number of anilines is 2. The molecule has 0 aliphatic heterocycles. The zero-order valence-electron chi connectivity index (χ0n) is 12.9. The summed E-state index contributed by atoms with van der Waals surface area (Å²) in [6, 6.07) is 18.9. The number of carbonyl (C=O) groups excluding carboxylic acids is 1. The summed E-state index contributed by atoms with van der Waals surface area (Å²) in [6.45, 7) is 0. The van der Waals surface area contributed by atoms with Gasteiger partial charge in [-0.1, -0.05) is 18.2 Å². The van der Waals surface area contributed by atoms with E-state index in [1.165, 1.54) is 7.11 Å². The van der Waals surface area contributed by atoms with Gasteiger partial charge < -0.3 is 10.1 Å². The van der Waals surface area contributed by atoms with E-state index in [9.17, 15) is 4.79 Å². The third-order valence-electron chi connectivity index (χ3n) is 3.77. The number of rotatable bonds is 3. The zero-order valence-corrected chi connectivity index (χ0v) is 12.9. The molecule has 4 aromatic rings. The minimum absolute atomic E-state index is 0.362. The molecule has 0 bridgehead atoms. The number of pyridine rings is 1. The molecule has 2 heterocycles. The molecule has 0 aliphatic rings. The van der Waals surface area contributed by atoms with Crippen LogP contribution in [0, 0.1) is 0 Å². The molecule has 0 fully saturated rings. The van der Waals surface area contributed by atoms with Gasteiger partial charge >= 0.3 is 5.97 Å². The summed E-state index contributed by atoms with van der Waals surface area (Å²) in [6.07, 6.45) is 0. The first kappa shape index (κ1) is 14.2. The number of nitrogens with one attached hydrogen (secondary N) is 1. The minimum atomic E-state index is -0.362. The Kier molecular flexibility index (Phi) is 3.35. The molecular formula is C18H14N4O2. The fourth-order valence-corrected chi connectivity index (χ4v) is 2.58. The van der Waals surface area contributed by atoms with Gasteiger partial charge in [-0.15, -0.1) is 5.10 Å². The van der Waals surface area contributed by atoms with E-state index >= 15 is 0 Å². The lowest BCUT2D eigenvalue weighted by molar-refractivity contribution is 0.0601. The number of carbonyl (C=O) groups is 1. The maximum absolute atomic E-state index is 11.5. The normalized spacial score (nSPS) is 10.9. The van der Waals surface area contributed by atoms with Crippen LogP contribution in [0.25, 0.3) is 16.6 Å². The number of hydrogen-bond donors (Lipinski definition) is 1. The van der Waals surface area contributed by atoms with Crippen molar-refractivity contribution >= 4 is 34.2 Å². The lowest BCUT2D eigenvalue weighted by atomic mass is 10.2. The topological polar surface area (TPSA) is 68.5 Å². The standard InChI is InChI=1S/C18H14N4O2/c1-24-17(23)13-6-9-14(10-7-13)19-18-20-16-11-8-12-4-2-3-5-15(12)22(16)21-18/h2-11H,1H3,(H,19,21). The molecule has 2 aromatic heterocycles. The van der Waals surface area contributed by atoms with Crippen LogP contribution in [-0.4, -0.2) is 27.7 Å². The average molecular weight is 318 g/mol. The van der Waals surface area contributed by atoms with Gasteiger partial charge in [-0.05, 0) is 42.5 Å². The van der Waals surface area contributed by atoms with Gasteiger partial charge in [-0.25, -0.2) is 9.31 Å². The van der Waals surface area contributed by atoms with E-state index in [-0.39, 0.29) is 5.97 Å². The van der Waals surface area contributed by atoms with Crippen LogP contribution in [0.5, 0.6) is 0 Å². The average Bonchev–Trinajstić information content (AvgIpc) is 3.04. The van der Waals surface area contributed by atoms with Crippen molar-refractivity contribution in [3.05, 3.63) is 66.2 Å². The molecule has 0 atom stereocenters. The van der Waals surface area contributed by atoms with Gasteiger partial charge in [0.1, 0.15) is 0 Å². The highest BCUT2D eigenvalue weighted by Gasteiger charge is 2.08. The molecule has 4 rings (SSSR count). The predicted molar refractivity (Wildman–Crippen MR) is 91.6 cm³/mol. The van der Waals surface area contributed by atoms with E-state index in [2.05, 4.69) is 20.1 Å². The molecule has 0 spiro atoms. The maximum atomic E-state index is 11.5. The smallest absolute Gasteiger partial charge is 0.337 e. The van der Waals surface area contributed by atoms with Crippen molar-refractivity contribution in [1.82, 2.24) is 14.6 Å². The molecule has 0 unspecified atom stereocenters. The van der Waals surface area contributed by atoms with Gasteiger partial charge in [-0.3, -0.25) is 0 Å². The van der Waals surface area contributed by atoms with E-state index in [1.54, 1.807) is 28.8 Å². The molecule has 6 nitrogen and oxygen atoms in total. The molecular weight excluding hydrogens is 304 g/mol. The van der Waals surface area contributed by atoms with Crippen molar-refractivity contribution in [2.24, 2.45) is 0 Å². The Labute approximate surface area is 137 Å². The van der Waals surface area contributed by atoms with Gasteiger partial charge in [-0.2, -0.15) is 4.98 Å². The first-order valence-corrected chi connectivity index (χ1v) is 7.44. The van der Waals surface area contributed by atoms with Gasteiger partial charge in [0.15, 0.2) is 5.65 Å². The summed E-state index contributed by atoms with van der Waals surface area (Å²) in [5.41, 5.74) is 3.05. The fourth-order valence-electron chi connectivity index (χ4n) is 2.58. The van der Waals surface area contributed by atoms with E-state index < -0.39 is 0 Å². The molecule has 24 heavy (non-hydrogen) atoms.